The van der Waals surface area contributed by atoms with Gasteiger partial charge in [-0.3, -0.25) is 0 Å². The number of rotatable bonds is 0. The monoisotopic (exact) mass is 269 g/mol. The maximum Gasteiger partial charge on any atom is 0.263 e. The van der Waals surface area contributed by atoms with Gasteiger partial charge in [0.1, 0.15) is 0 Å². The molecule has 0 bridgehead atoms. The van der Waals surface area contributed by atoms with Gasteiger partial charge in [-0.1, -0.05) is 51.5 Å². The van der Waals surface area contributed by atoms with E-state index >= 15 is 0 Å². The first-order valence-electron chi connectivity index (χ1n) is 7.29. The largest absolute Gasteiger partial charge is 0.474 e. The van der Waals surface area contributed by atoms with E-state index in [9.17, 15) is 0 Å². The van der Waals surface area contributed by atoms with E-state index in [4.69, 9.17) is 17.0 Å². The molecule has 1 aliphatic rings. The second-order valence-electron chi connectivity index (χ2n) is 5.12. The van der Waals surface area contributed by atoms with E-state index in [1.54, 1.807) is 7.11 Å². The van der Waals surface area contributed by atoms with Crippen molar-refractivity contribution in [2.24, 2.45) is 0 Å². The summed E-state index contributed by atoms with van der Waals surface area (Å²) in [5, 5.41) is 0.579. The van der Waals surface area contributed by atoms with Gasteiger partial charge in [0.25, 0.3) is 5.17 Å². The Morgan fingerprint density at radius 3 is 2.06 bits per heavy atom. The van der Waals surface area contributed by atoms with Crippen molar-refractivity contribution in [2.45, 2.75) is 64.2 Å². The van der Waals surface area contributed by atoms with Gasteiger partial charge in [0.05, 0.1) is 7.11 Å². The fourth-order valence-electron chi connectivity index (χ4n) is 2.46. The minimum Gasteiger partial charge on any atom is -0.474 e. The molecular weight excluding hydrogens is 242 g/mol. The fourth-order valence-corrected chi connectivity index (χ4v) is 2.68. The summed E-state index contributed by atoms with van der Waals surface area (Å²) in [4.78, 5) is 2.09. The van der Waals surface area contributed by atoms with Crippen molar-refractivity contribution >= 4 is 17.4 Å². The smallest absolute Gasteiger partial charge is 0.263 e. The molecule has 0 saturated carbocycles. The Morgan fingerprint density at radius 2 is 1.50 bits per heavy atom. The first-order chi connectivity index (χ1) is 8.75. The molecule has 0 aliphatic carbocycles. The number of methoxy groups -OCH3 is 1. The highest BCUT2D eigenvalue weighted by Crippen LogP contribution is 2.18. The van der Waals surface area contributed by atoms with Crippen LogP contribution in [0.15, 0.2) is 12.3 Å². The summed E-state index contributed by atoms with van der Waals surface area (Å²) in [6.45, 7) is 5.14. The summed E-state index contributed by atoms with van der Waals surface area (Å²) in [5.74, 6) is 0. The minimum atomic E-state index is 0.579. The Kier molecular flexibility index (Phi) is 8.06. The second kappa shape index (κ2) is 9.37. The zero-order valence-corrected chi connectivity index (χ0v) is 12.6. The van der Waals surface area contributed by atoms with E-state index in [1.165, 1.54) is 57.8 Å². The normalized spacial score (nSPS) is 20.5. The Morgan fingerprint density at radius 1 is 1.00 bits per heavy atom. The predicted molar refractivity (Wildman–Crippen MR) is 81.6 cm³/mol. The van der Waals surface area contributed by atoms with Crippen molar-refractivity contribution in [1.29, 1.82) is 0 Å². The molecule has 2 nitrogen and oxygen atoms in total. The van der Waals surface area contributed by atoms with Crippen molar-refractivity contribution in [1.82, 2.24) is 4.90 Å². The van der Waals surface area contributed by atoms with Crippen molar-refractivity contribution in [3.8, 4) is 0 Å². The lowest BCUT2D eigenvalue weighted by Gasteiger charge is -2.25. The highest BCUT2D eigenvalue weighted by atomic mass is 32.1. The zero-order chi connectivity index (χ0) is 13.2. The maximum absolute atomic E-state index is 5.26. The minimum absolute atomic E-state index is 0.579. The number of hydrogen-bond donors (Lipinski definition) is 0. The molecule has 0 unspecified atom stereocenters. The van der Waals surface area contributed by atoms with Crippen molar-refractivity contribution in [3.05, 3.63) is 12.3 Å². The highest BCUT2D eigenvalue weighted by Gasteiger charge is 2.13. The van der Waals surface area contributed by atoms with E-state index in [-0.39, 0.29) is 0 Å². The van der Waals surface area contributed by atoms with Crippen LogP contribution in [0.3, 0.4) is 0 Å². The van der Waals surface area contributed by atoms with Gasteiger partial charge < -0.3 is 9.64 Å². The maximum atomic E-state index is 5.26. The summed E-state index contributed by atoms with van der Waals surface area (Å²) < 4.78 is 5.21. The highest BCUT2D eigenvalue weighted by molar-refractivity contribution is 7.80. The van der Waals surface area contributed by atoms with Crippen molar-refractivity contribution in [2.75, 3.05) is 13.7 Å². The van der Waals surface area contributed by atoms with Crippen molar-refractivity contribution < 1.29 is 4.74 Å². The fraction of sp³-hybridized carbons (Fsp3) is 0.800. The molecule has 0 radical (unpaired) electrons. The molecule has 1 heterocycles. The number of thiocarbonyl (C=S) groups is 1. The van der Waals surface area contributed by atoms with Crippen LogP contribution in [0.4, 0.5) is 0 Å². The zero-order valence-electron chi connectivity index (χ0n) is 11.7. The quantitative estimate of drug-likeness (QED) is 0.594. The lowest BCUT2D eigenvalue weighted by atomic mass is 10.1. The SMILES string of the molecule is C=C1CCCCCCCCCCCN1C(=S)OC. The molecule has 18 heavy (non-hydrogen) atoms. The van der Waals surface area contributed by atoms with Gasteiger partial charge in [-0.15, -0.1) is 0 Å². The van der Waals surface area contributed by atoms with Crippen LogP contribution >= 0.6 is 12.2 Å². The van der Waals surface area contributed by atoms with Crippen LogP contribution in [0.1, 0.15) is 64.2 Å². The summed E-state index contributed by atoms with van der Waals surface area (Å²) in [6.07, 6.45) is 12.9. The summed E-state index contributed by atoms with van der Waals surface area (Å²) in [5.41, 5.74) is 1.13. The number of ether oxygens (including phenoxy) is 1. The Bertz CT molecular complexity index is 265. The molecule has 1 aliphatic heterocycles. The van der Waals surface area contributed by atoms with E-state index < -0.39 is 0 Å². The summed E-state index contributed by atoms with van der Waals surface area (Å²) >= 11 is 5.26. The van der Waals surface area contributed by atoms with Crippen LogP contribution in [0, 0.1) is 0 Å². The van der Waals surface area contributed by atoms with Gasteiger partial charge in [0.15, 0.2) is 0 Å². The summed E-state index contributed by atoms with van der Waals surface area (Å²) in [7, 11) is 1.65. The Labute approximate surface area is 117 Å². The van der Waals surface area contributed by atoms with E-state index in [0.717, 1.165) is 18.7 Å². The number of allylic oxidation sites excluding steroid dienone is 1. The van der Waals surface area contributed by atoms with Gasteiger partial charge in [-0.25, -0.2) is 0 Å². The van der Waals surface area contributed by atoms with Gasteiger partial charge in [0, 0.05) is 12.2 Å². The summed E-state index contributed by atoms with van der Waals surface area (Å²) in [6, 6.07) is 0. The van der Waals surface area contributed by atoms with Crippen LogP contribution in [0.25, 0.3) is 0 Å². The van der Waals surface area contributed by atoms with Gasteiger partial charge in [-0.2, -0.15) is 0 Å². The third-order valence-corrected chi connectivity index (χ3v) is 4.01. The molecule has 0 aromatic carbocycles. The first kappa shape index (κ1) is 15.5. The molecule has 0 atom stereocenters. The molecule has 104 valence electrons. The molecule has 1 fully saturated rings. The van der Waals surface area contributed by atoms with Gasteiger partial charge in [-0.05, 0) is 31.5 Å². The van der Waals surface area contributed by atoms with Gasteiger partial charge >= 0.3 is 0 Å². The predicted octanol–water partition coefficient (Wildman–Crippen LogP) is 4.65. The topological polar surface area (TPSA) is 12.5 Å². The van der Waals surface area contributed by atoms with Crippen LogP contribution < -0.4 is 0 Å². The molecule has 0 N–H and O–H groups in total. The molecule has 0 aromatic rings. The Balaban J connectivity index is 2.50. The second-order valence-corrected chi connectivity index (χ2v) is 5.47. The van der Waals surface area contributed by atoms with Gasteiger partial charge in [0.2, 0.25) is 0 Å². The number of hydrogen-bond acceptors (Lipinski definition) is 2. The van der Waals surface area contributed by atoms with Crippen LogP contribution in [-0.4, -0.2) is 23.7 Å². The number of nitrogens with zero attached hydrogens (tertiary/aromatic N) is 1. The van der Waals surface area contributed by atoms with Crippen LogP contribution in [-0.2, 0) is 4.74 Å². The molecule has 0 aromatic heterocycles. The lowest BCUT2D eigenvalue weighted by Crippen LogP contribution is -2.30. The molecule has 1 saturated heterocycles. The first-order valence-corrected chi connectivity index (χ1v) is 7.70. The van der Waals surface area contributed by atoms with E-state index in [2.05, 4.69) is 11.5 Å². The molecule has 3 heteroatoms. The average molecular weight is 269 g/mol. The van der Waals surface area contributed by atoms with E-state index in [0.29, 0.717) is 5.17 Å². The standard InChI is InChI=1S/C15H27NOS/c1-14-12-10-8-6-4-3-5-7-9-11-13-16(14)15(18)17-2/h1,3-13H2,2H3. The molecule has 1 rings (SSSR count). The third-order valence-electron chi connectivity index (χ3n) is 3.62. The molecule has 0 amide bonds. The van der Waals surface area contributed by atoms with E-state index in [1.807, 2.05) is 0 Å². The average Bonchev–Trinajstić information content (AvgIpc) is 2.40. The third kappa shape index (κ3) is 5.85. The van der Waals surface area contributed by atoms with Crippen LogP contribution in [0.5, 0.6) is 0 Å². The molecule has 0 spiro atoms. The molecular formula is C15H27NOS. The Hall–Kier alpha value is -0.570. The van der Waals surface area contributed by atoms with Crippen molar-refractivity contribution in [3.63, 3.8) is 0 Å². The lowest BCUT2D eigenvalue weighted by molar-refractivity contribution is 0.317. The van der Waals surface area contributed by atoms with Crippen LogP contribution in [0.2, 0.25) is 0 Å².